The van der Waals surface area contributed by atoms with Crippen LogP contribution in [0.1, 0.15) is 37.7 Å². The number of ether oxygens (including phenoxy) is 1. The molecule has 0 saturated heterocycles. The minimum absolute atomic E-state index is 0.0122. The summed E-state index contributed by atoms with van der Waals surface area (Å²) >= 11 is 1.64. The minimum atomic E-state index is -0.376. The van der Waals surface area contributed by atoms with Crippen molar-refractivity contribution in [3.05, 3.63) is 48.0 Å². The number of esters is 1. The number of Topliss-reactive ketones (excluding diaryl/α,β-unsaturated/α-hetero) is 1. The van der Waals surface area contributed by atoms with Gasteiger partial charge in [-0.3, -0.25) is 14.4 Å². The number of rotatable bonds is 5. The second kappa shape index (κ2) is 9.06. The normalized spacial score (nSPS) is 22.2. The van der Waals surface area contributed by atoms with Gasteiger partial charge in [0.15, 0.2) is 6.61 Å². The SMILES string of the molecule is Cc1ccc2nc(-c3ccc(NC(=O)COC(=O)C4CC5CCCC(C4)C5=O)cc3)sc2c1. The average molecular weight is 463 g/mol. The van der Waals surface area contributed by atoms with Crippen LogP contribution in [0.25, 0.3) is 20.8 Å². The lowest BCUT2D eigenvalue weighted by atomic mass is 9.67. The Morgan fingerprint density at radius 1 is 1.09 bits per heavy atom. The molecule has 2 bridgehead atoms. The maximum Gasteiger partial charge on any atom is 0.309 e. The van der Waals surface area contributed by atoms with Crippen molar-refractivity contribution in [3.63, 3.8) is 0 Å². The zero-order valence-electron chi connectivity index (χ0n) is 18.5. The molecule has 1 aromatic heterocycles. The molecule has 0 radical (unpaired) electrons. The summed E-state index contributed by atoms with van der Waals surface area (Å²) in [4.78, 5) is 41.7. The summed E-state index contributed by atoms with van der Waals surface area (Å²) in [5.74, 6) is -0.728. The maximum atomic E-state index is 12.5. The number of carbonyl (C=O) groups is 3. The lowest BCUT2D eigenvalue weighted by Crippen LogP contribution is -2.40. The summed E-state index contributed by atoms with van der Waals surface area (Å²) in [5, 5.41) is 3.70. The molecule has 3 aromatic rings. The number of fused-ring (bicyclic) bond motifs is 3. The van der Waals surface area contributed by atoms with Crippen molar-refractivity contribution < 1.29 is 19.1 Å². The summed E-state index contributed by atoms with van der Waals surface area (Å²) in [6.07, 6.45) is 3.91. The zero-order chi connectivity index (χ0) is 22.9. The summed E-state index contributed by atoms with van der Waals surface area (Å²) in [7, 11) is 0. The van der Waals surface area contributed by atoms with Crippen molar-refractivity contribution in [2.45, 2.75) is 39.0 Å². The number of aryl methyl sites for hydroxylation is 1. The predicted molar refractivity (Wildman–Crippen MR) is 128 cm³/mol. The third-order valence-electron chi connectivity index (χ3n) is 6.69. The molecule has 2 fully saturated rings. The van der Waals surface area contributed by atoms with Crippen LogP contribution in [0.5, 0.6) is 0 Å². The summed E-state index contributed by atoms with van der Waals surface area (Å²) < 4.78 is 6.43. The number of anilines is 1. The van der Waals surface area contributed by atoms with E-state index in [-0.39, 0.29) is 36.2 Å². The van der Waals surface area contributed by atoms with Gasteiger partial charge in [0.1, 0.15) is 10.8 Å². The molecule has 2 aliphatic rings. The number of aromatic nitrogens is 1. The van der Waals surface area contributed by atoms with Crippen LogP contribution in [0.4, 0.5) is 5.69 Å². The van der Waals surface area contributed by atoms with Gasteiger partial charge in [-0.2, -0.15) is 0 Å². The van der Waals surface area contributed by atoms with Crippen LogP contribution in [0.3, 0.4) is 0 Å². The Hall–Kier alpha value is -3.06. The van der Waals surface area contributed by atoms with Gasteiger partial charge in [-0.25, -0.2) is 4.98 Å². The van der Waals surface area contributed by atoms with Gasteiger partial charge in [-0.1, -0.05) is 12.5 Å². The van der Waals surface area contributed by atoms with E-state index in [1.165, 1.54) is 5.56 Å². The number of nitrogens with one attached hydrogen (secondary N) is 1. The third kappa shape index (κ3) is 4.69. The Kier molecular flexibility index (Phi) is 5.98. The third-order valence-corrected chi connectivity index (χ3v) is 7.75. The molecule has 5 rings (SSSR count). The molecule has 6 nitrogen and oxygen atoms in total. The maximum absolute atomic E-state index is 12.5. The van der Waals surface area contributed by atoms with Gasteiger partial charge in [0.25, 0.3) is 5.91 Å². The minimum Gasteiger partial charge on any atom is -0.455 e. The van der Waals surface area contributed by atoms with Crippen molar-refractivity contribution in [3.8, 4) is 10.6 Å². The molecule has 1 amide bonds. The van der Waals surface area contributed by atoms with Crippen molar-refractivity contribution in [1.29, 1.82) is 0 Å². The summed E-state index contributed by atoms with van der Waals surface area (Å²) in [6.45, 7) is 1.74. The van der Waals surface area contributed by atoms with Gasteiger partial charge in [-0.05, 0) is 74.6 Å². The number of thiazole rings is 1. The molecule has 2 aliphatic carbocycles. The number of amides is 1. The molecule has 0 aliphatic heterocycles. The zero-order valence-corrected chi connectivity index (χ0v) is 19.3. The molecule has 1 N–H and O–H groups in total. The van der Waals surface area contributed by atoms with Crippen LogP contribution in [-0.4, -0.2) is 29.3 Å². The molecule has 1 heterocycles. The van der Waals surface area contributed by atoms with Crippen molar-refractivity contribution >= 4 is 44.9 Å². The van der Waals surface area contributed by atoms with E-state index < -0.39 is 0 Å². The fourth-order valence-corrected chi connectivity index (χ4v) is 6.04. The fraction of sp³-hybridized carbons (Fsp3) is 0.385. The number of hydrogen-bond acceptors (Lipinski definition) is 6. The first-order valence-corrected chi connectivity index (χ1v) is 12.3. The number of hydrogen-bond donors (Lipinski definition) is 1. The van der Waals surface area contributed by atoms with Crippen LogP contribution in [-0.2, 0) is 19.1 Å². The molecule has 2 unspecified atom stereocenters. The lowest BCUT2D eigenvalue weighted by Gasteiger charge is -2.36. The van der Waals surface area contributed by atoms with E-state index in [0.29, 0.717) is 24.3 Å². The highest BCUT2D eigenvalue weighted by atomic mass is 32.1. The Morgan fingerprint density at radius 3 is 2.55 bits per heavy atom. The van der Waals surface area contributed by atoms with Crippen LogP contribution in [0, 0.1) is 24.7 Å². The highest BCUT2D eigenvalue weighted by molar-refractivity contribution is 7.21. The second-order valence-corrected chi connectivity index (χ2v) is 10.1. The number of carbonyl (C=O) groups excluding carboxylic acids is 3. The van der Waals surface area contributed by atoms with Gasteiger partial charge in [0, 0.05) is 23.1 Å². The molecule has 2 saturated carbocycles. The van der Waals surface area contributed by atoms with E-state index in [1.807, 2.05) is 30.3 Å². The summed E-state index contributed by atoms with van der Waals surface area (Å²) in [6, 6.07) is 13.7. The smallest absolute Gasteiger partial charge is 0.309 e. The molecule has 7 heteroatoms. The van der Waals surface area contributed by atoms with E-state index in [0.717, 1.165) is 40.1 Å². The first-order valence-electron chi connectivity index (χ1n) is 11.4. The number of ketones is 1. The van der Waals surface area contributed by atoms with Crippen molar-refractivity contribution in [2.24, 2.45) is 17.8 Å². The average Bonchev–Trinajstić information content (AvgIpc) is 3.21. The van der Waals surface area contributed by atoms with Crippen LogP contribution in [0.15, 0.2) is 42.5 Å². The lowest BCUT2D eigenvalue weighted by molar-refractivity contribution is -0.155. The van der Waals surface area contributed by atoms with Crippen molar-refractivity contribution in [2.75, 3.05) is 11.9 Å². The van der Waals surface area contributed by atoms with Gasteiger partial charge in [-0.15, -0.1) is 11.3 Å². The van der Waals surface area contributed by atoms with Crippen LogP contribution in [0.2, 0.25) is 0 Å². The van der Waals surface area contributed by atoms with E-state index in [4.69, 9.17) is 4.74 Å². The molecule has 0 spiro atoms. The Bertz CT molecular complexity index is 1200. The van der Waals surface area contributed by atoms with Crippen LogP contribution < -0.4 is 5.32 Å². The number of benzene rings is 2. The Labute approximate surface area is 196 Å². The number of nitrogens with zero attached hydrogens (tertiary/aromatic N) is 1. The predicted octanol–water partition coefficient (Wildman–Crippen LogP) is 5.15. The Morgan fingerprint density at radius 2 is 1.82 bits per heavy atom. The largest absolute Gasteiger partial charge is 0.455 e. The standard InChI is InChI=1S/C26H26N2O4S/c1-15-5-10-21-22(11-15)33-25(28-21)16-6-8-20(9-7-16)27-23(29)14-32-26(31)19-12-17-3-2-4-18(13-19)24(17)30/h5-11,17-19H,2-4,12-14H2,1H3,(H,27,29). The first-order chi connectivity index (χ1) is 16.0. The quantitative estimate of drug-likeness (QED) is 0.530. The Balaban J connectivity index is 1.15. The van der Waals surface area contributed by atoms with Crippen molar-refractivity contribution in [1.82, 2.24) is 4.98 Å². The van der Waals surface area contributed by atoms with Crippen LogP contribution >= 0.6 is 11.3 Å². The monoisotopic (exact) mass is 462 g/mol. The second-order valence-electron chi connectivity index (χ2n) is 9.12. The fourth-order valence-electron chi connectivity index (χ4n) is 4.98. The first kappa shape index (κ1) is 21.8. The van der Waals surface area contributed by atoms with Gasteiger partial charge < -0.3 is 10.1 Å². The van der Waals surface area contributed by atoms with Gasteiger partial charge in [0.05, 0.1) is 16.1 Å². The molecule has 33 heavy (non-hydrogen) atoms. The highest BCUT2D eigenvalue weighted by Gasteiger charge is 2.41. The van der Waals surface area contributed by atoms with E-state index in [2.05, 4.69) is 29.4 Å². The molecule has 2 aromatic carbocycles. The van der Waals surface area contributed by atoms with E-state index in [1.54, 1.807) is 11.3 Å². The molecular weight excluding hydrogens is 436 g/mol. The highest BCUT2D eigenvalue weighted by Crippen LogP contribution is 2.40. The van der Waals surface area contributed by atoms with E-state index in [9.17, 15) is 14.4 Å². The molecule has 2 atom stereocenters. The van der Waals surface area contributed by atoms with Gasteiger partial charge >= 0.3 is 5.97 Å². The molecule has 170 valence electrons. The molecular formula is C26H26N2O4S. The van der Waals surface area contributed by atoms with E-state index >= 15 is 0 Å². The topological polar surface area (TPSA) is 85.4 Å². The summed E-state index contributed by atoms with van der Waals surface area (Å²) in [5.41, 5.74) is 3.80. The van der Waals surface area contributed by atoms with Gasteiger partial charge in [0.2, 0.25) is 0 Å².